The summed E-state index contributed by atoms with van der Waals surface area (Å²) in [4.78, 5) is 23.8. The summed E-state index contributed by atoms with van der Waals surface area (Å²) in [5.41, 5.74) is -0.901. The van der Waals surface area contributed by atoms with Gasteiger partial charge in [0, 0.05) is 10.8 Å². The molecule has 0 amide bonds. The minimum Gasteiger partial charge on any atom is -0.465 e. The van der Waals surface area contributed by atoms with Crippen molar-refractivity contribution in [3.05, 3.63) is 0 Å². The predicted molar refractivity (Wildman–Crippen MR) is 78.7 cm³/mol. The van der Waals surface area contributed by atoms with E-state index in [1.165, 1.54) is 0 Å². The summed E-state index contributed by atoms with van der Waals surface area (Å²) in [6.07, 6.45) is 0.600. The predicted octanol–water partition coefficient (Wildman–Crippen LogP) is 1.57. The van der Waals surface area contributed by atoms with Crippen LogP contribution in [0.4, 0.5) is 0 Å². The summed E-state index contributed by atoms with van der Waals surface area (Å²) in [6.45, 7) is 7.83. The Bertz CT molecular complexity index is 541. The molecule has 7 nitrogen and oxygen atoms in total. The Balaban J connectivity index is 3.18. The number of ether oxygens (including phenoxy) is 2. The average Bonchev–Trinajstić information content (AvgIpc) is 2.45. The molecule has 0 aromatic rings. The van der Waals surface area contributed by atoms with Gasteiger partial charge in [-0.1, -0.05) is 27.7 Å². The molecule has 1 N–H and O–H groups in total. The number of hydrogen-bond donors (Lipinski definition) is 1. The van der Waals surface area contributed by atoms with E-state index in [4.69, 9.17) is 14.0 Å². The monoisotopic (exact) mass is 336 g/mol. The first-order valence-corrected chi connectivity index (χ1v) is 8.78. The van der Waals surface area contributed by atoms with Gasteiger partial charge in [-0.25, -0.2) is 0 Å². The lowest BCUT2D eigenvalue weighted by atomic mass is 9.63. The zero-order valence-electron chi connectivity index (χ0n) is 13.4. The average molecular weight is 336 g/mol. The van der Waals surface area contributed by atoms with E-state index >= 15 is 0 Å². The molecule has 0 spiro atoms. The number of carbonyl (C=O) groups is 2. The summed E-state index contributed by atoms with van der Waals surface area (Å²) in [5.74, 6) is -1.97. The second kappa shape index (κ2) is 6.54. The zero-order chi connectivity index (χ0) is 17.2. The van der Waals surface area contributed by atoms with Gasteiger partial charge in [-0.05, 0) is 12.8 Å². The molecule has 0 radical (unpaired) electrons. The van der Waals surface area contributed by atoms with Gasteiger partial charge in [-0.3, -0.25) is 14.1 Å². The fourth-order valence-corrected chi connectivity index (χ4v) is 3.15. The van der Waals surface area contributed by atoms with Gasteiger partial charge in [0.2, 0.25) is 0 Å². The van der Waals surface area contributed by atoms with Crippen molar-refractivity contribution < 1.29 is 32.0 Å². The SMILES string of the molecule is CCC1(C)COC(=O)CC(S(=O)(=O)O)C(=O)OCC1(C)CC. The summed E-state index contributed by atoms with van der Waals surface area (Å²) in [7, 11) is -4.73. The van der Waals surface area contributed by atoms with E-state index in [0.717, 1.165) is 0 Å². The Kier molecular flexibility index (Phi) is 5.61. The number of cyclic esters (lactones) is 2. The molecule has 22 heavy (non-hydrogen) atoms. The van der Waals surface area contributed by atoms with Crippen molar-refractivity contribution in [2.75, 3.05) is 13.2 Å². The van der Waals surface area contributed by atoms with Crippen LogP contribution in [-0.2, 0) is 29.2 Å². The van der Waals surface area contributed by atoms with Gasteiger partial charge >= 0.3 is 11.9 Å². The topological polar surface area (TPSA) is 107 Å². The van der Waals surface area contributed by atoms with Crippen molar-refractivity contribution in [1.82, 2.24) is 0 Å². The zero-order valence-corrected chi connectivity index (χ0v) is 14.2. The Morgan fingerprint density at radius 2 is 1.55 bits per heavy atom. The highest BCUT2D eigenvalue weighted by atomic mass is 32.2. The lowest BCUT2D eigenvalue weighted by Gasteiger charge is -2.45. The number of hydrogen-bond acceptors (Lipinski definition) is 6. The smallest absolute Gasteiger partial charge is 0.327 e. The van der Waals surface area contributed by atoms with E-state index in [1.54, 1.807) is 0 Å². The van der Waals surface area contributed by atoms with E-state index in [9.17, 15) is 18.0 Å². The van der Waals surface area contributed by atoms with Crippen LogP contribution in [0.5, 0.6) is 0 Å². The third-order valence-electron chi connectivity index (χ3n) is 5.08. The molecule has 0 saturated carbocycles. The van der Waals surface area contributed by atoms with Crippen molar-refractivity contribution in [3.8, 4) is 0 Å². The molecule has 1 aliphatic rings. The molecule has 1 rings (SSSR count). The van der Waals surface area contributed by atoms with Crippen LogP contribution in [0.1, 0.15) is 47.0 Å². The maximum Gasteiger partial charge on any atom is 0.327 e. The molecule has 128 valence electrons. The minimum absolute atomic E-state index is 0.00373. The van der Waals surface area contributed by atoms with E-state index in [2.05, 4.69) is 0 Å². The number of carbonyl (C=O) groups excluding carboxylic acids is 2. The molecule has 0 aliphatic carbocycles. The van der Waals surface area contributed by atoms with Gasteiger partial charge in [0.15, 0.2) is 5.25 Å². The Hall–Kier alpha value is -1.15. The van der Waals surface area contributed by atoms with Gasteiger partial charge < -0.3 is 9.47 Å². The third-order valence-corrected chi connectivity index (χ3v) is 6.16. The first-order chi connectivity index (χ1) is 9.99. The molecule has 3 atom stereocenters. The molecule has 1 saturated heterocycles. The second-order valence-corrected chi connectivity index (χ2v) is 7.90. The van der Waals surface area contributed by atoms with Crippen LogP contribution >= 0.6 is 0 Å². The number of esters is 2. The van der Waals surface area contributed by atoms with Crippen LogP contribution in [0.2, 0.25) is 0 Å². The fourth-order valence-electron chi connectivity index (χ4n) is 2.49. The molecule has 8 heteroatoms. The van der Waals surface area contributed by atoms with E-state index < -0.39 is 44.6 Å². The molecular weight excluding hydrogens is 312 g/mol. The quantitative estimate of drug-likeness (QED) is 0.615. The molecule has 1 heterocycles. The Labute approximate surface area is 131 Å². The normalized spacial score (nSPS) is 34.7. The van der Waals surface area contributed by atoms with E-state index in [0.29, 0.717) is 12.8 Å². The van der Waals surface area contributed by atoms with Crippen molar-refractivity contribution in [2.24, 2.45) is 10.8 Å². The van der Waals surface area contributed by atoms with Crippen molar-refractivity contribution in [3.63, 3.8) is 0 Å². The largest absolute Gasteiger partial charge is 0.465 e. The van der Waals surface area contributed by atoms with E-state index in [-0.39, 0.29) is 13.2 Å². The molecule has 1 fully saturated rings. The first kappa shape index (κ1) is 18.9. The van der Waals surface area contributed by atoms with Crippen molar-refractivity contribution in [1.29, 1.82) is 0 Å². The van der Waals surface area contributed by atoms with Crippen molar-refractivity contribution in [2.45, 2.75) is 52.2 Å². The van der Waals surface area contributed by atoms with Gasteiger partial charge in [0.05, 0.1) is 19.6 Å². The highest BCUT2D eigenvalue weighted by molar-refractivity contribution is 7.87. The van der Waals surface area contributed by atoms with Gasteiger partial charge in [-0.2, -0.15) is 8.42 Å². The summed E-state index contributed by atoms with van der Waals surface area (Å²) >= 11 is 0. The van der Waals surface area contributed by atoms with Crippen LogP contribution in [0.25, 0.3) is 0 Å². The highest BCUT2D eigenvalue weighted by Crippen LogP contribution is 2.45. The molecule has 0 aromatic carbocycles. The molecule has 3 unspecified atom stereocenters. The fraction of sp³-hybridized carbons (Fsp3) is 0.857. The van der Waals surface area contributed by atoms with Crippen molar-refractivity contribution >= 4 is 22.1 Å². The minimum atomic E-state index is -4.73. The molecular formula is C14H24O7S. The lowest BCUT2D eigenvalue weighted by Crippen LogP contribution is -2.47. The van der Waals surface area contributed by atoms with Crippen LogP contribution in [0, 0.1) is 10.8 Å². The standard InChI is InChI=1S/C14H24O7S/c1-5-13(3)8-20-11(15)7-10(22(17,18)19)12(16)21-9-14(13,4)6-2/h10H,5-9H2,1-4H3,(H,17,18,19). The van der Waals surface area contributed by atoms with E-state index in [1.807, 2.05) is 27.7 Å². The van der Waals surface area contributed by atoms with Gasteiger partial charge in [0.1, 0.15) is 0 Å². The summed E-state index contributed by atoms with van der Waals surface area (Å²) in [6, 6.07) is 0. The molecule has 0 bridgehead atoms. The molecule has 0 aromatic heterocycles. The lowest BCUT2D eigenvalue weighted by molar-refractivity contribution is -0.165. The van der Waals surface area contributed by atoms with Gasteiger partial charge in [-0.15, -0.1) is 0 Å². The molecule has 1 aliphatic heterocycles. The Morgan fingerprint density at radius 3 is 1.95 bits per heavy atom. The maximum atomic E-state index is 12.0. The summed E-state index contributed by atoms with van der Waals surface area (Å²) < 4.78 is 41.9. The Morgan fingerprint density at radius 1 is 1.09 bits per heavy atom. The maximum absolute atomic E-state index is 12.0. The first-order valence-electron chi connectivity index (χ1n) is 7.27. The highest BCUT2D eigenvalue weighted by Gasteiger charge is 2.46. The van der Waals surface area contributed by atoms with Crippen LogP contribution in [0.15, 0.2) is 0 Å². The van der Waals surface area contributed by atoms with Crippen LogP contribution < -0.4 is 0 Å². The van der Waals surface area contributed by atoms with Crippen LogP contribution in [-0.4, -0.2) is 43.4 Å². The second-order valence-electron chi connectivity index (χ2n) is 6.30. The summed E-state index contributed by atoms with van der Waals surface area (Å²) in [5, 5.41) is -1.94. The number of rotatable bonds is 3. The third kappa shape index (κ3) is 3.78. The van der Waals surface area contributed by atoms with Gasteiger partial charge in [0.25, 0.3) is 10.1 Å². The van der Waals surface area contributed by atoms with Crippen LogP contribution in [0.3, 0.4) is 0 Å².